The smallest absolute Gasteiger partial charge is 0.246 e. The van der Waals surface area contributed by atoms with Gasteiger partial charge in [-0.2, -0.15) is 4.98 Å². The van der Waals surface area contributed by atoms with Crippen molar-refractivity contribution in [1.82, 2.24) is 15.5 Å². The lowest BCUT2D eigenvalue weighted by Crippen LogP contribution is -2.31. The molecule has 1 amide bonds. The monoisotopic (exact) mass is 303 g/mol. The molecule has 0 atom stereocenters. The molecule has 116 valence electrons. The normalized spacial score (nSPS) is 15.7. The lowest BCUT2D eigenvalue weighted by Gasteiger charge is -2.20. The average Bonchev–Trinajstić information content (AvgIpc) is 3.03. The third-order valence-electron chi connectivity index (χ3n) is 3.96. The highest BCUT2D eigenvalue weighted by molar-refractivity contribution is 5.78. The van der Waals surface area contributed by atoms with Crippen molar-refractivity contribution in [3.63, 3.8) is 0 Å². The van der Waals surface area contributed by atoms with E-state index in [9.17, 15) is 9.18 Å². The van der Waals surface area contributed by atoms with Crippen LogP contribution in [0.25, 0.3) is 11.4 Å². The van der Waals surface area contributed by atoms with Crippen molar-refractivity contribution < 1.29 is 13.7 Å². The largest absolute Gasteiger partial charge is 0.347 e. The second-order valence-corrected chi connectivity index (χ2v) is 5.57. The summed E-state index contributed by atoms with van der Waals surface area (Å²) >= 11 is 0. The van der Waals surface area contributed by atoms with Crippen LogP contribution < -0.4 is 5.32 Å². The standard InChI is InChI=1S/C16H18FN3O2/c17-13-8-6-11(7-9-13)15-19-14(22-20-15)10-18-16(21)12-4-2-1-3-5-12/h6-9,12H,1-5,10H2,(H,18,21). The van der Waals surface area contributed by atoms with E-state index in [-0.39, 0.29) is 24.2 Å². The first kappa shape index (κ1) is 14.7. The first-order valence-electron chi connectivity index (χ1n) is 7.58. The first-order valence-corrected chi connectivity index (χ1v) is 7.58. The Morgan fingerprint density at radius 3 is 2.68 bits per heavy atom. The lowest BCUT2D eigenvalue weighted by atomic mass is 9.89. The number of halogens is 1. The van der Waals surface area contributed by atoms with Crippen molar-refractivity contribution in [1.29, 1.82) is 0 Å². The van der Waals surface area contributed by atoms with E-state index in [1.165, 1.54) is 18.6 Å². The van der Waals surface area contributed by atoms with Crippen LogP contribution in [0.3, 0.4) is 0 Å². The maximum absolute atomic E-state index is 12.9. The molecule has 1 saturated carbocycles. The Morgan fingerprint density at radius 1 is 1.23 bits per heavy atom. The van der Waals surface area contributed by atoms with Crippen molar-refractivity contribution in [2.45, 2.75) is 38.6 Å². The molecule has 1 aromatic heterocycles. The zero-order valence-corrected chi connectivity index (χ0v) is 12.2. The summed E-state index contributed by atoms with van der Waals surface area (Å²) in [6.45, 7) is 0.226. The number of nitrogens with one attached hydrogen (secondary N) is 1. The number of nitrogens with zero attached hydrogens (tertiary/aromatic N) is 2. The summed E-state index contributed by atoms with van der Waals surface area (Å²) in [5.41, 5.74) is 0.676. The molecule has 0 unspecified atom stereocenters. The predicted octanol–water partition coefficient (Wildman–Crippen LogP) is 3.07. The minimum atomic E-state index is -0.313. The van der Waals surface area contributed by atoms with Gasteiger partial charge in [-0.15, -0.1) is 0 Å². The van der Waals surface area contributed by atoms with E-state index in [1.54, 1.807) is 12.1 Å². The van der Waals surface area contributed by atoms with Gasteiger partial charge in [-0.3, -0.25) is 4.79 Å². The molecule has 1 aliphatic rings. The maximum Gasteiger partial charge on any atom is 0.246 e. The Bertz CT molecular complexity index is 633. The first-order chi connectivity index (χ1) is 10.7. The van der Waals surface area contributed by atoms with Gasteiger partial charge in [0.15, 0.2) is 0 Å². The van der Waals surface area contributed by atoms with Gasteiger partial charge in [0.2, 0.25) is 17.6 Å². The Labute approximate surface area is 127 Å². The molecule has 0 saturated heterocycles. The molecule has 5 nitrogen and oxygen atoms in total. The minimum Gasteiger partial charge on any atom is -0.347 e. The van der Waals surface area contributed by atoms with Crippen LogP contribution in [0, 0.1) is 11.7 Å². The number of carbonyl (C=O) groups is 1. The molecule has 1 aromatic carbocycles. The molecule has 1 heterocycles. The summed E-state index contributed by atoms with van der Waals surface area (Å²) in [5, 5.41) is 6.69. The number of rotatable bonds is 4. The fourth-order valence-electron chi connectivity index (χ4n) is 2.71. The molecular formula is C16H18FN3O2. The lowest BCUT2D eigenvalue weighted by molar-refractivity contribution is -0.126. The van der Waals surface area contributed by atoms with Gasteiger partial charge in [-0.1, -0.05) is 24.4 Å². The summed E-state index contributed by atoms with van der Waals surface area (Å²) in [6.07, 6.45) is 5.36. The molecule has 22 heavy (non-hydrogen) atoms. The second kappa shape index (κ2) is 6.68. The van der Waals surface area contributed by atoms with Crippen LogP contribution in [-0.4, -0.2) is 16.0 Å². The summed E-state index contributed by atoms with van der Waals surface area (Å²) < 4.78 is 18.0. The molecule has 3 rings (SSSR count). The van der Waals surface area contributed by atoms with Gasteiger partial charge in [0.25, 0.3) is 0 Å². The van der Waals surface area contributed by atoms with Crippen molar-refractivity contribution in [3.8, 4) is 11.4 Å². The van der Waals surface area contributed by atoms with Gasteiger partial charge in [-0.25, -0.2) is 4.39 Å². The molecule has 0 bridgehead atoms. The maximum atomic E-state index is 12.9. The highest BCUT2D eigenvalue weighted by Crippen LogP contribution is 2.23. The zero-order chi connectivity index (χ0) is 15.4. The van der Waals surface area contributed by atoms with Crippen molar-refractivity contribution >= 4 is 5.91 Å². The van der Waals surface area contributed by atoms with Crippen LogP contribution in [0.15, 0.2) is 28.8 Å². The number of benzene rings is 1. The Hall–Kier alpha value is -2.24. The number of hydrogen-bond acceptors (Lipinski definition) is 4. The highest BCUT2D eigenvalue weighted by atomic mass is 19.1. The fraction of sp³-hybridized carbons (Fsp3) is 0.438. The van der Waals surface area contributed by atoms with E-state index in [0.717, 1.165) is 25.7 Å². The average molecular weight is 303 g/mol. The van der Waals surface area contributed by atoms with Crippen LogP contribution >= 0.6 is 0 Å². The van der Waals surface area contributed by atoms with Crippen molar-refractivity contribution in [2.24, 2.45) is 5.92 Å². The number of aromatic nitrogens is 2. The van der Waals surface area contributed by atoms with Gasteiger partial charge in [0.05, 0.1) is 6.54 Å². The van der Waals surface area contributed by atoms with Gasteiger partial charge < -0.3 is 9.84 Å². The summed E-state index contributed by atoms with van der Waals surface area (Å²) in [7, 11) is 0. The quantitative estimate of drug-likeness (QED) is 0.942. The molecule has 2 aromatic rings. The molecule has 0 spiro atoms. The van der Waals surface area contributed by atoms with Gasteiger partial charge in [0, 0.05) is 11.5 Å². The summed E-state index contributed by atoms with van der Waals surface area (Å²) in [5.74, 6) is 0.590. The molecule has 1 N–H and O–H groups in total. The Kier molecular flexibility index (Phi) is 4.46. The third-order valence-corrected chi connectivity index (χ3v) is 3.96. The third kappa shape index (κ3) is 3.50. The SMILES string of the molecule is O=C(NCc1nc(-c2ccc(F)cc2)no1)C1CCCCC1. The van der Waals surface area contributed by atoms with Gasteiger partial charge in [0.1, 0.15) is 5.82 Å². The molecule has 6 heteroatoms. The topological polar surface area (TPSA) is 68.0 Å². The van der Waals surface area contributed by atoms with E-state index in [1.807, 2.05) is 0 Å². The van der Waals surface area contributed by atoms with E-state index in [0.29, 0.717) is 17.3 Å². The number of hydrogen-bond donors (Lipinski definition) is 1. The van der Waals surface area contributed by atoms with E-state index in [2.05, 4.69) is 15.5 Å². The molecule has 0 radical (unpaired) electrons. The van der Waals surface area contributed by atoms with E-state index >= 15 is 0 Å². The van der Waals surface area contributed by atoms with Crippen LogP contribution in [0.1, 0.15) is 38.0 Å². The van der Waals surface area contributed by atoms with Gasteiger partial charge in [-0.05, 0) is 37.1 Å². The van der Waals surface area contributed by atoms with E-state index < -0.39 is 0 Å². The number of carbonyl (C=O) groups excluding carboxylic acids is 1. The van der Waals surface area contributed by atoms with Crippen LogP contribution in [0.2, 0.25) is 0 Å². The molecule has 1 aliphatic carbocycles. The minimum absolute atomic E-state index is 0.0567. The predicted molar refractivity (Wildman–Crippen MR) is 78.1 cm³/mol. The molecular weight excluding hydrogens is 285 g/mol. The fourth-order valence-corrected chi connectivity index (χ4v) is 2.71. The van der Waals surface area contributed by atoms with Gasteiger partial charge >= 0.3 is 0 Å². The van der Waals surface area contributed by atoms with Crippen LogP contribution in [0.5, 0.6) is 0 Å². The molecule has 1 fully saturated rings. The Balaban J connectivity index is 1.57. The second-order valence-electron chi connectivity index (χ2n) is 5.57. The van der Waals surface area contributed by atoms with Crippen molar-refractivity contribution in [2.75, 3.05) is 0 Å². The van der Waals surface area contributed by atoms with Crippen LogP contribution in [0.4, 0.5) is 4.39 Å². The zero-order valence-electron chi connectivity index (χ0n) is 12.2. The Morgan fingerprint density at radius 2 is 1.95 bits per heavy atom. The molecule has 0 aliphatic heterocycles. The summed E-state index contributed by atoms with van der Waals surface area (Å²) in [6, 6.07) is 5.86. The number of amides is 1. The summed E-state index contributed by atoms with van der Waals surface area (Å²) in [4.78, 5) is 16.3. The van der Waals surface area contributed by atoms with Crippen LogP contribution in [-0.2, 0) is 11.3 Å². The van der Waals surface area contributed by atoms with E-state index in [4.69, 9.17) is 4.52 Å². The highest BCUT2D eigenvalue weighted by Gasteiger charge is 2.21. The van der Waals surface area contributed by atoms with Crippen molar-refractivity contribution in [3.05, 3.63) is 36.0 Å².